The van der Waals surface area contributed by atoms with Crippen LogP contribution in [0.1, 0.15) is 12.5 Å². The van der Waals surface area contributed by atoms with Crippen molar-refractivity contribution < 1.29 is 0 Å². The summed E-state index contributed by atoms with van der Waals surface area (Å²) in [6.07, 6.45) is 2.84. The summed E-state index contributed by atoms with van der Waals surface area (Å²) in [5, 5.41) is 5.03. The van der Waals surface area contributed by atoms with Crippen LogP contribution in [0.4, 0.5) is 5.95 Å². The molecule has 0 spiro atoms. The molecule has 18 heavy (non-hydrogen) atoms. The lowest BCUT2D eigenvalue weighted by Gasteiger charge is -2.04. The Morgan fingerprint density at radius 2 is 2.00 bits per heavy atom. The van der Waals surface area contributed by atoms with Gasteiger partial charge in [0.25, 0.3) is 0 Å². The summed E-state index contributed by atoms with van der Waals surface area (Å²) >= 11 is 0. The Hall–Kier alpha value is -2.23. The van der Waals surface area contributed by atoms with E-state index in [-0.39, 0.29) is 0 Å². The van der Waals surface area contributed by atoms with Crippen LogP contribution in [0, 0.1) is 0 Å². The SMILES string of the molecule is CCc1ccc2nc3nc(NC)ncc3cc2c1. The second-order valence-corrected chi connectivity index (χ2v) is 4.23. The third kappa shape index (κ3) is 1.76. The predicted molar refractivity (Wildman–Crippen MR) is 73.8 cm³/mol. The first-order valence-electron chi connectivity index (χ1n) is 6.04. The van der Waals surface area contributed by atoms with E-state index in [1.807, 2.05) is 0 Å². The average molecular weight is 238 g/mol. The molecule has 0 saturated carbocycles. The standard InChI is InChI=1S/C14H14N4/c1-3-9-4-5-12-10(6-9)7-11-8-16-14(15-2)18-13(11)17-12/h4-8H,3H2,1-2H3,(H,15,16,17,18). The van der Waals surface area contributed by atoms with Crippen LogP contribution in [0.3, 0.4) is 0 Å². The van der Waals surface area contributed by atoms with Crippen molar-refractivity contribution in [1.82, 2.24) is 15.0 Å². The van der Waals surface area contributed by atoms with Crippen LogP contribution in [-0.2, 0) is 6.42 Å². The van der Waals surface area contributed by atoms with Gasteiger partial charge in [-0.3, -0.25) is 0 Å². The van der Waals surface area contributed by atoms with Gasteiger partial charge >= 0.3 is 0 Å². The monoisotopic (exact) mass is 238 g/mol. The number of hydrogen-bond donors (Lipinski definition) is 1. The van der Waals surface area contributed by atoms with Crippen molar-refractivity contribution in [2.45, 2.75) is 13.3 Å². The van der Waals surface area contributed by atoms with Gasteiger partial charge in [0.2, 0.25) is 5.95 Å². The van der Waals surface area contributed by atoms with E-state index in [1.54, 1.807) is 13.2 Å². The molecule has 0 amide bonds. The Bertz CT molecular complexity index is 658. The Morgan fingerprint density at radius 3 is 2.78 bits per heavy atom. The van der Waals surface area contributed by atoms with Crippen molar-refractivity contribution in [2.75, 3.05) is 12.4 Å². The van der Waals surface area contributed by atoms with Gasteiger partial charge in [-0.2, -0.15) is 4.98 Å². The molecule has 0 saturated heterocycles. The highest BCUT2D eigenvalue weighted by atomic mass is 15.1. The molecule has 2 heterocycles. The first-order valence-corrected chi connectivity index (χ1v) is 6.04. The highest BCUT2D eigenvalue weighted by Gasteiger charge is 2.03. The number of fused-ring (bicyclic) bond motifs is 2. The molecule has 3 rings (SSSR count). The van der Waals surface area contributed by atoms with E-state index < -0.39 is 0 Å². The van der Waals surface area contributed by atoms with Gasteiger partial charge in [-0.25, -0.2) is 9.97 Å². The second kappa shape index (κ2) is 4.22. The number of hydrogen-bond acceptors (Lipinski definition) is 4. The van der Waals surface area contributed by atoms with Crippen LogP contribution in [0.2, 0.25) is 0 Å². The number of nitrogens with one attached hydrogen (secondary N) is 1. The molecular weight excluding hydrogens is 224 g/mol. The van der Waals surface area contributed by atoms with E-state index in [2.05, 4.69) is 51.5 Å². The van der Waals surface area contributed by atoms with Gasteiger partial charge in [-0.1, -0.05) is 13.0 Å². The molecule has 0 bridgehead atoms. The van der Waals surface area contributed by atoms with Crippen LogP contribution >= 0.6 is 0 Å². The zero-order valence-electron chi connectivity index (χ0n) is 10.4. The smallest absolute Gasteiger partial charge is 0.224 e. The summed E-state index contributed by atoms with van der Waals surface area (Å²) < 4.78 is 0. The molecule has 0 aliphatic heterocycles. The summed E-state index contributed by atoms with van der Waals surface area (Å²) in [5.74, 6) is 0.597. The fourth-order valence-corrected chi connectivity index (χ4v) is 2.02. The molecule has 4 heteroatoms. The van der Waals surface area contributed by atoms with Crippen molar-refractivity contribution in [3.63, 3.8) is 0 Å². The number of nitrogens with zero attached hydrogens (tertiary/aromatic N) is 3. The Labute approximate surface area is 105 Å². The molecule has 90 valence electrons. The number of pyridine rings is 1. The van der Waals surface area contributed by atoms with Crippen LogP contribution in [0.5, 0.6) is 0 Å². The summed E-state index contributed by atoms with van der Waals surface area (Å²) in [4.78, 5) is 13.1. The van der Waals surface area contributed by atoms with Crippen LogP contribution in [0.25, 0.3) is 21.9 Å². The minimum atomic E-state index is 0.597. The summed E-state index contributed by atoms with van der Waals surface area (Å²) in [7, 11) is 1.80. The highest BCUT2D eigenvalue weighted by Crippen LogP contribution is 2.20. The maximum Gasteiger partial charge on any atom is 0.224 e. The fourth-order valence-electron chi connectivity index (χ4n) is 2.02. The molecule has 3 aromatic rings. The Morgan fingerprint density at radius 1 is 1.11 bits per heavy atom. The minimum Gasteiger partial charge on any atom is -0.357 e. The van der Waals surface area contributed by atoms with Crippen molar-refractivity contribution in [1.29, 1.82) is 0 Å². The van der Waals surface area contributed by atoms with Gasteiger partial charge in [-0.05, 0) is 30.2 Å². The van der Waals surface area contributed by atoms with Gasteiger partial charge in [0.05, 0.1) is 5.52 Å². The lowest BCUT2D eigenvalue weighted by molar-refractivity contribution is 1.14. The largest absolute Gasteiger partial charge is 0.357 e. The van der Waals surface area contributed by atoms with Crippen molar-refractivity contribution >= 4 is 27.9 Å². The van der Waals surface area contributed by atoms with E-state index >= 15 is 0 Å². The van der Waals surface area contributed by atoms with E-state index in [0.29, 0.717) is 5.95 Å². The molecule has 2 aromatic heterocycles. The Kier molecular flexibility index (Phi) is 2.55. The lowest BCUT2D eigenvalue weighted by Crippen LogP contribution is -1.97. The minimum absolute atomic E-state index is 0.597. The Balaban J connectivity index is 2.28. The van der Waals surface area contributed by atoms with E-state index in [9.17, 15) is 0 Å². The summed E-state index contributed by atoms with van der Waals surface area (Å²) in [6, 6.07) is 8.43. The highest BCUT2D eigenvalue weighted by molar-refractivity contribution is 5.91. The second-order valence-electron chi connectivity index (χ2n) is 4.23. The molecule has 0 aliphatic rings. The maximum absolute atomic E-state index is 4.57. The maximum atomic E-state index is 4.57. The van der Waals surface area contributed by atoms with E-state index in [1.165, 1.54) is 5.56 Å². The summed E-state index contributed by atoms with van der Waals surface area (Å²) in [6.45, 7) is 2.15. The molecule has 0 aliphatic carbocycles. The number of aryl methyl sites for hydroxylation is 1. The van der Waals surface area contributed by atoms with Gasteiger partial charge < -0.3 is 5.32 Å². The van der Waals surface area contributed by atoms with Gasteiger partial charge in [0.15, 0.2) is 5.65 Å². The normalized spacial score (nSPS) is 11.0. The molecule has 4 nitrogen and oxygen atoms in total. The quantitative estimate of drug-likeness (QED) is 0.697. The number of aromatic nitrogens is 3. The topological polar surface area (TPSA) is 50.7 Å². The van der Waals surface area contributed by atoms with E-state index in [4.69, 9.17) is 0 Å². The van der Waals surface area contributed by atoms with E-state index in [0.717, 1.165) is 28.4 Å². The number of rotatable bonds is 2. The van der Waals surface area contributed by atoms with Gasteiger partial charge in [0.1, 0.15) is 0 Å². The number of anilines is 1. The molecule has 1 aromatic carbocycles. The third-order valence-electron chi connectivity index (χ3n) is 3.06. The first kappa shape index (κ1) is 10.9. The zero-order chi connectivity index (χ0) is 12.5. The van der Waals surface area contributed by atoms with Gasteiger partial charge in [-0.15, -0.1) is 0 Å². The summed E-state index contributed by atoms with van der Waals surface area (Å²) in [5.41, 5.74) is 3.02. The van der Waals surface area contributed by atoms with Crippen LogP contribution < -0.4 is 5.32 Å². The van der Waals surface area contributed by atoms with Crippen LogP contribution in [-0.4, -0.2) is 22.0 Å². The predicted octanol–water partition coefficient (Wildman–Crippen LogP) is 2.78. The zero-order valence-corrected chi connectivity index (χ0v) is 10.4. The van der Waals surface area contributed by atoms with Crippen molar-refractivity contribution in [3.05, 3.63) is 36.0 Å². The molecule has 1 N–H and O–H groups in total. The van der Waals surface area contributed by atoms with Crippen molar-refractivity contribution in [3.8, 4) is 0 Å². The van der Waals surface area contributed by atoms with Crippen molar-refractivity contribution in [2.24, 2.45) is 0 Å². The molecule has 0 atom stereocenters. The van der Waals surface area contributed by atoms with Gasteiger partial charge in [0, 0.05) is 24.0 Å². The fraction of sp³-hybridized carbons (Fsp3) is 0.214. The van der Waals surface area contributed by atoms with Crippen LogP contribution in [0.15, 0.2) is 30.5 Å². The molecule has 0 fully saturated rings. The average Bonchev–Trinajstić information content (AvgIpc) is 2.43. The number of benzene rings is 1. The third-order valence-corrected chi connectivity index (χ3v) is 3.06. The molecular formula is C14H14N4. The molecule has 0 radical (unpaired) electrons. The lowest BCUT2D eigenvalue weighted by atomic mass is 10.1. The first-order chi connectivity index (χ1) is 8.80. The molecule has 0 unspecified atom stereocenters.